The minimum absolute atomic E-state index is 0.253. The van der Waals surface area contributed by atoms with Gasteiger partial charge in [0.25, 0.3) is 0 Å². The van der Waals surface area contributed by atoms with E-state index < -0.39 is 17.8 Å². The topological polar surface area (TPSA) is 46.2 Å². The number of halogens is 3. The van der Waals surface area contributed by atoms with Crippen molar-refractivity contribution in [2.24, 2.45) is 11.7 Å². The fourth-order valence-electron chi connectivity index (χ4n) is 1.72. The summed E-state index contributed by atoms with van der Waals surface area (Å²) >= 11 is 0. The maximum Gasteiger partial charge on any atom is 0.416 e. The van der Waals surface area contributed by atoms with E-state index in [1.165, 1.54) is 6.07 Å². The predicted molar refractivity (Wildman–Crippen MR) is 52.8 cm³/mol. The second-order valence-corrected chi connectivity index (χ2v) is 4.17. The van der Waals surface area contributed by atoms with Crippen LogP contribution in [-0.2, 0) is 6.18 Å². The number of aromatic hydroxyl groups is 1. The van der Waals surface area contributed by atoms with Gasteiger partial charge in [-0.2, -0.15) is 13.2 Å². The zero-order chi connectivity index (χ0) is 11.9. The van der Waals surface area contributed by atoms with E-state index in [4.69, 9.17) is 5.73 Å². The van der Waals surface area contributed by atoms with Crippen molar-refractivity contribution in [3.63, 3.8) is 0 Å². The smallest absolute Gasteiger partial charge is 0.416 e. The van der Waals surface area contributed by atoms with Crippen LogP contribution in [0.1, 0.15) is 30.0 Å². The molecule has 1 atom stereocenters. The molecule has 0 heterocycles. The highest BCUT2D eigenvalue weighted by atomic mass is 19.4. The number of rotatable bonds is 2. The van der Waals surface area contributed by atoms with Crippen LogP contribution in [0.3, 0.4) is 0 Å². The summed E-state index contributed by atoms with van der Waals surface area (Å²) in [6.45, 7) is 0. The number of nitrogens with two attached hydrogens (primary N) is 1. The van der Waals surface area contributed by atoms with Gasteiger partial charge in [-0.15, -0.1) is 0 Å². The number of hydrogen-bond donors (Lipinski definition) is 2. The summed E-state index contributed by atoms with van der Waals surface area (Å²) in [4.78, 5) is 0. The molecule has 1 fully saturated rings. The number of phenols is 1. The van der Waals surface area contributed by atoms with E-state index in [1.807, 2.05) is 0 Å². The summed E-state index contributed by atoms with van der Waals surface area (Å²) in [6, 6.07) is 2.62. The third-order valence-electron chi connectivity index (χ3n) is 2.78. The molecule has 0 spiro atoms. The van der Waals surface area contributed by atoms with Crippen molar-refractivity contribution in [2.45, 2.75) is 25.1 Å². The van der Waals surface area contributed by atoms with Crippen molar-refractivity contribution in [1.82, 2.24) is 0 Å². The Hall–Kier alpha value is -1.23. The third-order valence-corrected chi connectivity index (χ3v) is 2.78. The summed E-state index contributed by atoms with van der Waals surface area (Å²) in [5.41, 5.74) is 5.31. The molecule has 0 bridgehead atoms. The molecule has 2 rings (SSSR count). The molecule has 0 aliphatic heterocycles. The molecule has 2 nitrogen and oxygen atoms in total. The van der Waals surface area contributed by atoms with Gasteiger partial charge in [0.1, 0.15) is 5.75 Å². The van der Waals surface area contributed by atoms with Gasteiger partial charge in [0.15, 0.2) is 0 Å². The van der Waals surface area contributed by atoms with Crippen molar-refractivity contribution in [2.75, 3.05) is 0 Å². The fraction of sp³-hybridized carbons (Fsp3) is 0.455. The van der Waals surface area contributed by atoms with Gasteiger partial charge in [0, 0.05) is 6.04 Å². The summed E-state index contributed by atoms with van der Waals surface area (Å²) in [7, 11) is 0. The molecule has 0 radical (unpaired) electrons. The van der Waals surface area contributed by atoms with Crippen LogP contribution in [0.5, 0.6) is 5.75 Å². The van der Waals surface area contributed by atoms with Crippen molar-refractivity contribution in [1.29, 1.82) is 0 Å². The van der Waals surface area contributed by atoms with Gasteiger partial charge >= 0.3 is 6.18 Å². The summed E-state index contributed by atoms with van der Waals surface area (Å²) < 4.78 is 37.4. The van der Waals surface area contributed by atoms with Crippen LogP contribution in [0.4, 0.5) is 13.2 Å². The Kier molecular flexibility index (Phi) is 2.58. The van der Waals surface area contributed by atoms with Crippen molar-refractivity contribution in [3.05, 3.63) is 29.3 Å². The summed E-state index contributed by atoms with van der Waals surface area (Å²) in [5, 5.41) is 9.25. The molecule has 5 heteroatoms. The van der Waals surface area contributed by atoms with Crippen LogP contribution in [-0.4, -0.2) is 5.11 Å². The van der Waals surface area contributed by atoms with Gasteiger partial charge in [-0.3, -0.25) is 0 Å². The van der Waals surface area contributed by atoms with Crippen LogP contribution >= 0.6 is 0 Å². The Balaban J connectivity index is 2.35. The molecular formula is C11H12F3NO. The second-order valence-electron chi connectivity index (χ2n) is 4.17. The van der Waals surface area contributed by atoms with E-state index in [0.29, 0.717) is 11.6 Å². The monoisotopic (exact) mass is 231 g/mol. The second kappa shape index (κ2) is 3.66. The largest absolute Gasteiger partial charge is 0.508 e. The molecule has 0 amide bonds. The molecule has 88 valence electrons. The molecule has 1 saturated carbocycles. The third kappa shape index (κ3) is 2.29. The quantitative estimate of drug-likeness (QED) is 0.822. The molecule has 16 heavy (non-hydrogen) atoms. The molecule has 1 aromatic carbocycles. The van der Waals surface area contributed by atoms with E-state index >= 15 is 0 Å². The highest BCUT2D eigenvalue weighted by Crippen LogP contribution is 2.41. The number of alkyl halides is 3. The average molecular weight is 231 g/mol. The normalized spacial score (nSPS) is 18.5. The van der Waals surface area contributed by atoms with Crippen molar-refractivity contribution >= 4 is 0 Å². The lowest BCUT2D eigenvalue weighted by Crippen LogP contribution is -2.14. The van der Waals surface area contributed by atoms with Gasteiger partial charge in [0.05, 0.1) is 5.56 Å². The Bertz CT molecular complexity index is 399. The number of benzene rings is 1. The van der Waals surface area contributed by atoms with Gasteiger partial charge in [-0.1, -0.05) is 0 Å². The van der Waals surface area contributed by atoms with E-state index in [2.05, 4.69) is 0 Å². The average Bonchev–Trinajstić information content (AvgIpc) is 2.97. The van der Waals surface area contributed by atoms with E-state index in [9.17, 15) is 18.3 Å². The first-order valence-corrected chi connectivity index (χ1v) is 5.04. The van der Waals surface area contributed by atoms with Gasteiger partial charge in [-0.05, 0) is 42.5 Å². The first-order chi connectivity index (χ1) is 7.38. The van der Waals surface area contributed by atoms with Crippen LogP contribution < -0.4 is 5.73 Å². The minimum Gasteiger partial charge on any atom is -0.508 e. The van der Waals surface area contributed by atoms with Crippen LogP contribution in [0.2, 0.25) is 0 Å². The lowest BCUT2D eigenvalue weighted by Gasteiger charge is -2.14. The standard InChI is InChI=1S/C11H12F3NO/c12-11(13,14)8-3-7(4-9(16)5-8)10(15)6-1-2-6/h3-6,10,16H,1-2,15H2. The van der Waals surface area contributed by atoms with Crippen molar-refractivity contribution < 1.29 is 18.3 Å². The van der Waals surface area contributed by atoms with E-state index in [1.54, 1.807) is 0 Å². The SMILES string of the molecule is NC(c1cc(O)cc(C(F)(F)F)c1)C1CC1. The zero-order valence-electron chi connectivity index (χ0n) is 8.46. The Morgan fingerprint density at radius 1 is 1.25 bits per heavy atom. The molecule has 0 saturated heterocycles. The maximum absolute atomic E-state index is 12.5. The highest BCUT2D eigenvalue weighted by Gasteiger charge is 2.34. The molecule has 1 aliphatic carbocycles. The molecule has 1 aromatic rings. The first kappa shape index (κ1) is 11.3. The molecule has 0 aromatic heterocycles. The molecule has 1 unspecified atom stereocenters. The minimum atomic E-state index is -4.45. The highest BCUT2D eigenvalue weighted by molar-refractivity contribution is 5.37. The lowest BCUT2D eigenvalue weighted by atomic mass is 10.0. The molecule has 3 N–H and O–H groups in total. The molecule has 1 aliphatic rings. The Labute approximate surface area is 90.9 Å². The number of phenolic OH excluding ortho intramolecular Hbond substituents is 1. The first-order valence-electron chi connectivity index (χ1n) is 5.04. The van der Waals surface area contributed by atoms with Gasteiger partial charge in [0.2, 0.25) is 0 Å². The lowest BCUT2D eigenvalue weighted by molar-refractivity contribution is -0.137. The molecular weight excluding hydrogens is 219 g/mol. The number of hydrogen-bond acceptors (Lipinski definition) is 2. The van der Waals surface area contributed by atoms with Gasteiger partial charge < -0.3 is 10.8 Å². The van der Waals surface area contributed by atoms with Crippen molar-refractivity contribution in [3.8, 4) is 5.75 Å². The van der Waals surface area contributed by atoms with Crippen LogP contribution in [0, 0.1) is 5.92 Å². The summed E-state index contributed by atoms with van der Waals surface area (Å²) in [6.07, 6.45) is -2.56. The maximum atomic E-state index is 12.5. The zero-order valence-corrected chi connectivity index (χ0v) is 8.46. The van der Waals surface area contributed by atoms with E-state index in [0.717, 1.165) is 18.9 Å². The fourth-order valence-corrected chi connectivity index (χ4v) is 1.72. The predicted octanol–water partition coefficient (Wildman–Crippen LogP) is 2.82. The summed E-state index contributed by atoms with van der Waals surface area (Å²) in [5.74, 6) is -0.135. The van der Waals surface area contributed by atoms with E-state index in [-0.39, 0.29) is 11.7 Å². The van der Waals surface area contributed by atoms with Crippen LogP contribution in [0.15, 0.2) is 18.2 Å². The van der Waals surface area contributed by atoms with Crippen LogP contribution in [0.25, 0.3) is 0 Å². The Morgan fingerprint density at radius 2 is 1.88 bits per heavy atom. The Morgan fingerprint density at radius 3 is 2.38 bits per heavy atom. The van der Waals surface area contributed by atoms with Gasteiger partial charge in [-0.25, -0.2) is 0 Å².